The predicted molar refractivity (Wildman–Crippen MR) is 90.8 cm³/mol. The first-order chi connectivity index (χ1) is 11.0. The van der Waals surface area contributed by atoms with Crippen molar-refractivity contribution in [3.05, 3.63) is 64.7 Å². The lowest BCUT2D eigenvalue weighted by atomic mass is 10.1. The summed E-state index contributed by atoms with van der Waals surface area (Å²) in [5.41, 5.74) is 5.01. The summed E-state index contributed by atoms with van der Waals surface area (Å²) in [7, 11) is 1.80. The second-order valence-electron chi connectivity index (χ2n) is 5.96. The number of hydrogen-bond acceptors (Lipinski definition) is 2. The molecule has 2 aromatic rings. The lowest BCUT2D eigenvalue weighted by molar-refractivity contribution is -0.117. The van der Waals surface area contributed by atoms with Crippen LogP contribution in [0.2, 0.25) is 0 Å². The zero-order valence-corrected chi connectivity index (χ0v) is 13.4. The molecule has 0 aliphatic carbocycles. The fraction of sp³-hybridized carbons (Fsp3) is 0.263. The average molecular weight is 308 g/mol. The molecule has 0 fully saturated rings. The molecule has 0 saturated carbocycles. The molecule has 23 heavy (non-hydrogen) atoms. The zero-order chi connectivity index (χ0) is 16.4. The molecule has 0 saturated heterocycles. The van der Waals surface area contributed by atoms with Crippen molar-refractivity contribution in [2.45, 2.75) is 19.8 Å². The second kappa shape index (κ2) is 6.24. The summed E-state index contributed by atoms with van der Waals surface area (Å²) in [5.74, 6) is 0.0749. The van der Waals surface area contributed by atoms with Crippen LogP contribution in [0.5, 0.6) is 0 Å². The highest BCUT2D eigenvalue weighted by Gasteiger charge is 2.23. The van der Waals surface area contributed by atoms with Gasteiger partial charge in [-0.25, -0.2) is 0 Å². The molecule has 1 aliphatic heterocycles. The van der Waals surface area contributed by atoms with E-state index in [1.165, 1.54) is 0 Å². The standard InChI is InChI=1S/C19H20N2O2/c1-13-3-6-15(7-4-13)19(23)20-10-9-14-5-8-17-16(11-14)12-18(22)21(17)2/h3-8,11H,9-10,12H2,1-2H3,(H,20,23). The van der Waals surface area contributed by atoms with Gasteiger partial charge < -0.3 is 10.2 Å². The van der Waals surface area contributed by atoms with Crippen molar-refractivity contribution < 1.29 is 9.59 Å². The molecule has 1 N–H and O–H groups in total. The van der Waals surface area contributed by atoms with E-state index in [1.54, 1.807) is 11.9 Å². The number of nitrogens with one attached hydrogen (secondary N) is 1. The van der Waals surface area contributed by atoms with Gasteiger partial charge in [0.05, 0.1) is 6.42 Å². The van der Waals surface area contributed by atoms with Crippen LogP contribution in [0.25, 0.3) is 0 Å². The Balaban J connectivity index is 1.57. The third kappa shape index (κ3) is 3.26. The molecule has 0 unspecified atom stereocenters. The van der Waals surface area contributed by atoms with Crippen LogP contribution in [0.1, 0.15) is 27.0 Å². The van der Waals surface area contributed by atoms with E-state index in [0.717, 1.165) is 28.8 Å². The summed E-state index contributed by atoms with van der Waals surface area (Å²) in [4.78, 5) is 25.4. The molecule has 1 aliphatic rings. The molecule has 3 rings (SSSR count). The van der Waals surface area contributed by atoms with Crippen molar-refractivity contribution in [3.8, 4) is 0 Å². The van der Waals surface area contributed by atoms with Crippen LogP contribution in [-0.2, 0) is 17.6 Å². The summed E-state index contributed by atoms with van der Waals surface area (Å²) in [6, 6.07) is 13.6. The van der Waals surface area contributed by atoms with Crippen LogP contribution in [-0.4, -0.2) is 25.4 Å². The van der Waals surface area contributed by atoms with E-state index >= 15 is 0 Å². The molecule has 2 amide bonds. The van der Waals surface area contributed by atoms with Crippen LogP contribution < -0.4 is 10.2 Å². The molecule has 4 heteroatoms. The molecular weight excluding hydrogens is 288 g/mol. The summed E-state index contributed by atoms with van der Waals surface area (Å²) >= 11 is 0. The number of nitrogens with zero attached hydrogens (tertiary/aromatic N) is 1. The fourth-order valence-electron chi connectivity index (χ4n) is 2.81. The van der Waals surface area contributed by atoms with Gasteiger partial charge in [-0.15, -0.1) is 0 Å². The molecular formula is C19H20N2O2. The van der Waals surface area contributed by atoms with Gasteiger partial charge in [-0.3, -0.25) is 9.59 Å². The summed E-state index contributed by atoms with van der Waals surface area (Å²) in [5, 5.41) is 2.94. The third-order valence-electron chi connectivity index (χ3n) is 4.23. The third-order valence-corrected chi connectivity index (χ3v) is 4.23. The number of carbonyl (C=O) groups is 2. The molecule has 2 aromatic carbocycles. The maximum Gasteiger partial charge on any atom is 0.251 e. The van der Waals surface area contributed by atoms with Gasteiger partial charge in [0, 0.05) is 24.8 Å². The molecule has 0 bridgehead atoms. The monoisotopic (exact) mass is 308 g/mol. The summed E-state index contributed by atoms with van der Waals surface area (Å²) in [6.07, 6.45) is 1.22. The smallest absolute Gasteiger partial charge is 0.251 e. The lowest BCUT2D eigenvalue weighted by Gasteiger charge is -2.11. The summed E-state index contributed by atoms with van der Waals surface area (Å²) < 4.78 is 0. The first kappa shape index (κ1) is 15.3. The number of anilines is 1. The van der Waals surface area contributed by atoms with Gasteiger partial charge in [-0.05, 0) is 42.7 Å². The normalized spacial score (nSPS) is 13.1. The SMILES string of the molecule is Cc1ccc(C(=O)NCCc2ccc3c(c2)CC(=O)N3C)cc1. The highest BCUT2D eigenvalue weighted by Crippen LogP contribution is 2.28. The van der Waals surface area contributed by atoms with Crippen LogP contribution in [0.3, 0.4) is 0 Å². The van der Waals surface area contributed by atoms with Crippen molar-refractivity contribution in [3.63, 3.8) is 0 Å². The van der Waals surface area contributed by atoms with Crippen molar-refractivity contribution in [2.24, 2.45) is 0 Å². The molecule has 0 spiro atoms. The Morgan fingerprint density at radius 2 is 1.91 bits per heavy atom. The van der Waals surface area contributed by atoms with E-state index in [-0.39, 0.29) is 11.8 Å². The van der Waals surface area contributed by atoms with E-state index in [2.05, 4.69) is 11.4 Å². The number of carbonyl (C=O) groups excluding carboxylic acids is 2. The summed E-state index contributed by atoms with van der Waals surface area (Å²) in [6.45, 7) is 2.58. The zero-order valence-electron chi connectivity index (χ0n) is 13.4. The number of hydrogen-bond donors (Lipinski definition) is 1. The maximum absolute atomic E-state index is 12.1. The van der Waals surface area contributed by atoms with Gasteiger partial charge in [0.25, 0.3) is 5.91 Å². The minimum Gasteiger partial charge on any atom is -0.352 e. The maximum atomic E-state index is 12.1. The molecule has 0 radical (unpaired) electrons. The van der Waals surface area contributed by atoms with Gasteiger partial charge in [0.15, 0.2) is 0 Å². The highest BCUT2D eigenvalue weighted by atomic mass is 16.2. The Labute approximate surface area is 136 Å². The van der Waals surface area contributed by atoms with Gasteiger partial charge >= 0.3 is 0 Å². The van der Waals surface area contributed by atoms with Gasteiger partial charge in [-0.1, -0.05) is 29.8 Å². The fourth-order valence-corrected chi connectivity index (χ4v) is 2.81. The number of rotatable bonds is 4. The second-order valence-corrected chi connectivity index (χ2v) is 5.96. The lowest BCUT2D eigenvalue weighted by Crippen LogP contribution is -2.25. The van der Waals surface area contributed by atoms with Crippen molar-refractivity contribution in [1.29, 1.82) is 0 Å². The largest absolute Gasteiger partial charge is 0.352 e. The molecule has 0 atom stereocenters. The Bertz CT molecular complexity index is 750. The molecule has 4 nitrogen and oxygen atoms in total. The van der Waals surface area contributed by atoms with E-state index in [9.17, 15) is 9.59 Å². The average Bonchev–Trinajstić information content (AvgIpc) is 2.82. The van der Waals surface area contributed by atoms with E-state index in [0.29, 0.717) is 18.5 Å². The van der Waals surface area contributed by atoms with E-state index in [4.69, 9.17) is 0 Å². The van der Waals surface area contributed by atoms with Crippen molar-refractivity contribution in [1.82, 2.24) is 5.32 Å². The Morgan fingerprint density at radius 1 is 1.17 bits per heavy atom. The Morgan fingerprint density at radius 3 is 2.65 bits per heavy atom. The molecule has 118 valence electrons. The number of likely N-dealkylation sites (N-methyl/N-ethyl adjacent to an activating group) is 1. The quantitative estimate of drug-likeness (QED) is 0.943. The number of benzene rings is 2. The Hall–Kier alpha value is -2.62. The highest BCUT2D eigenvalue weighted by molar-refractivity contribution is 6.00. The molecule has 1 heterocycles. The van der Waals surface area contributed by atoms with Crippen LogP contribution in [0.15, 0.2) is 42.5 Å². The number of fused-ring (bicyclic) bond motifs is 1. The van der Waals surface area contributed by atoms with Crippen LogP contribution >= 0.6 is 0 Å². The van der Waals surface area contributed by atoms with Crippen molar-refractivity contribution >= 4 is 17.5 Å². The van der Waals surface area contributed by atoms with Gasteiger partial charge in [0.1, 0.15) is 0 Å². The first-order valence-corrected chi connectivity index (χ1v) is 7.78. The van der Waals surface area contributed by atoms with E-state index in [1.807, 2.05) is 43.3 Å². The first-order valence-electron chi connectivity index (χ1n) is 7.78. The van der Waals surface area contributed by atoms with Crippen LogP contribution in [0, 0.1) is 6.92 Å². The van der Waals surface area contributed by atoms with Crippen LogP contribution in [0.4, 0.5) is 5.69 Å². The topological polar surface area (TPSA) is 49.4 Å². The number of amides is 2. The number of aryl methyl sites for hydroxylation is 1. The minimum absolute atomic E-state index is 0.0546. The minimum atomic E-state index is -0.0546. The Kier molecular flexibility index (Phi) is 4.15. The predicted octanol–water partition coefficient (Wildman–Crippen LogP) is 2.49. The van der Waals surface area contributed by atoms with E-state index < -0.39 is 0 Å². The molecule has 0 aromatic heterocycles. The van der Waals surface area contributed by atoms with Crippen molar-refractivity contribution in [2.75, 3.05) is 18.5 Å². The van der Waals surface area contributed by atoms with Gasteiger partial charge in [0.2, 0.25) is 5.91 Å². The van der Waals surface area contributed by atoms with Gasteiger partial charge in [-0.2, -0.15) is 0 Å².